The number of hydrogen-bond acceptors (Lipinski definition) is 9. The van der Waals surface area contributed by atoms with Crippen LogP contribution in [0.5, 0.6) is 11.5 Å². The molecule has 9 nitrogen and oxygen atoms in total. The van der Waals surface area contributed by atoms with Crippen LogP contribution >= 0.6 is 195 Å². The Labute approximate surface area is 785 Å². The second-order valence-electron chi connectivity index (χ2n) is 27.0. The summed E-state index contributed by atoms with van der Waals surface area (Å²) in [6.45, 7) is 13.3. The first kappa shape index (κ1) is 101. The molecule has 1 aliphatic heterocycles. The van der Waals surface area contributed by atoms with Gasteiger partial charge in [0.2, 0.25) is 0 Å². The van der Waals surface area contributed by atoms with Crippen molar-refractivity contribution in [3.8, 4) is 11.5 Å². The van der Waals surface area contributed by atoms with Gasteiger partial charge in [0.1, 0.15) is 11.5 Å². The molecule has 7 unspecified atom stereocenters. The lowest BCUT2D eigenvalue weighted by atomic mass is 9.76. The summed E-state index contributed by atoms with van der Waals surface area (Å²) in [5.41, 5.74) is 14.9. The van der Waals surface area contributed by atoms with Gasteiger partial charge in [0, 0.05) is 119 Å². The third kappa shape index (κ3) is 32.3. The topological polar surface area (TPSA) is 143 Å². The van der Waals surface area contributed by atoms with E-state index in [0.717, 1.165) is 69.4 Å². The normalized spacial score (nSPS) is 12.3. The van der Waals surface area contributed by atoms with E-state index in [1.54, 1.807) is 48.2 Å². The zero-order valence-electron chi connectivity index (χ0n) is 65.7. The number of hydrogen-bond donors (Lipinski definition) is 6. The average Bonchev–Trinajstić information content (AvgIpc) is 0.737. The van der Waals surface area contributed by atoms with Crippen molar-refractivity contribution in [1.82, 2.24) is 16.0 Å². The van der Waals surface area contributed by atoms with Crippen molar-refractivity contribution < 1.29 is 24.2 Å². The van der Waals surface area contributed by atoms with Crippen LogP contribution in [0.15, 0.2) is 331 Å². The van der Waals surface area contributed by atoms with Gasteiger partial charge in [-0.15, -0.1) is 30.5 Å². The van der Waals surface area contributed by atoms with Crippen molar-refractivity contribution in [3.05, 3.63) is 402 Å². The maximum Gasteiger partial charge on any atom is 0.335 e. The number of carbonyl (C=O) groups is 3. The molecule has 0 bridgehead atoms. The Balaban J connectivity index is 0.000000199. The van der Waals surface area contributed by atoms with Gasteiger partial charge in [-0.3, -0.25) is 9.59 Å². The molecule has 1 aliphatic rings. The maximum absolute atomic E-state index is 12.6. The summed E-state index contributed by atoms with van der Waals surface area (Å²) in [6.07, 6.45) is 0. The van der Waals surface area contributed by atoms with Crippen molar-refractivity contribution in [2.75, 3.05) is 0 Å². The third-order valence-electron chi connectivity index (χ3n) is 17.9. The number of aromatic carboxylic acids is 1. The van der Waals surface area contributed by atoms with Gasteiger partial charge in [0.15, 0.2) is 0 Å². The van der Waals surface area contributed by atoms with E-state index in [2.05, 4.69) is 166 Å². The second-order valence-corrected chi connectivity index (χ2v) is 38.2. The van der Waals surface area contributed by atoms with E-state index in [0.29, 0.717) is 61.7 Å². The van der Waals surface area contributed by atoms with Crippen LogP contribution in [0, 0.1) is 0 Å². The number of nitrogens with one attached hydrogen (secondary N) is 3. The number of carbonyl (C=O) groups excluding carboxylic acids is 2. The number of benzene rings is 13. The van der Waals surface area contributed by atoms with Crippen molar-refractivity contribution in [1.29, 1.82) is 0 Å². The first-order valence-electron chi connectivity index (χ1n) is 36.8. The molecule has 0 fully saturated rings. The van der Waals surface area contributed by atoms with E-state index in [9.17, 15) is 14.4 Å². The highest BCUT2D eigenvalue weighted by atomic mass is 79.9. The van der Waals surface area contributed by atoms with Gasteiger partial charge in [0.05, 0.1) is 37.7 Å². The van der Waals surface area contributed by atoms with Gasteiger partial charge in [-0.1, -0.05) is 292 Å². The van der Waals surface area contributed by atoms with Crippen LogP contribution in [0.2, 0.25) is 40.2 Å². The number of para-hydroxylation sites is 2. The fourth-order valence-electron chi connectivity index (χ4n) is 11.4. The minimum atomic E-state index is -0.956. The predicted molar refractivity (Wildman–Crippen MR) is 535 cm³/mol. The third-order valence-corrected chi connectivity index (χ3v) is 27.8. The first-order valence-corrected chi connectivity index (χ1v) is 49.1. The highest BCUT2D eigenvalue weighted by molar-refractivity contribution is 9.11. The molecule has 3 radical (unpaired) electrons. The van der Waals surface area contributed by atoms with Crippen LogP contribution < -0.4 is 37.0 Å². The molecule has 14 rings (SSSR count). The molecule has 0 spiro atoms. The molecule has 8 atom stereocenters. The predicted octanol–water partition coefficient (Wildman–Crippen LogP) is 29.9. The smallest absolute Gasteiger partial charge is 0.335 e. The van der Waals surface area contributed by atoms with Crippen molar-refractivity contribution >= 4 is 232 Å². The number of rotatable bonds is 18. The summed E-state index contributed by atoms with van der Waals surface area (Å²) in [6, 6.07) is 94.5. The largest absolute Gasteiger partial charge is 0.478 e. The molecule has 1 heterocycles. The quantitative estimate of drug-likeness (QED) is 0.0281. The lowest BCUT2D eigenvalue weighted by Crippen LogP contribution is -2.28. The Hall–Kier alpha value is -5.90. The Kier molecular flexibility index (Phi) is 43.4. The van der Waals surface area contributed by atoms with Crippen LogP contribution in [0.4, 0.5) is 0 Å². The average molecular weight is 2010 g/mol. The summed E-state index contributed by atoms with van der Waals surface area (Å²) in [7, 11) is 6.99. The number of thiol groups is 1. The SMILES string of the molecule is CC(NC(=O)c1ccc(Cl)c(Br)c1)c1cccc(Cl)c1.CC(NC(=O)c1ccc(Cl)c(Sc2ccccc2)c1)c1cccc(Cl)c1.CC(NCc1ccc(Cl)c(Sc2ccccc2)c1)c1cccc(Cl)c1.CC1(C)c2cccc(PP)c2Oc2c(PP)cccc21.C[C@@H](N)c1cccc(Cl)c1.O=C(O)c1ccc(Cl)c(Br)c1.Sc1ccccc1.[B]. The van der Waals surface area contributed by atoms with Gasteiger partial charge in [-0.25, -0.2) is 4.79 Å². The van der Waals surface area contributed by atoms with E-state index in [1.807, 2.05) is 197 Å². The molecule has 13 aromatic carbocycles. The Bertz CT molecular complexity index is 5490. The van der Waals surface area contributed by atoms with E-state index >= 15 is 0 Å². The van der Waals surface area contributed by atoms with Crippen molar-refractivity contribution in [2.24, 2.45) is 5.73 Å². The van der Waals surface area contributed by atoms with E-state index in [-0.39, 0.29) is 55.4 Å². The number of carboxylic acids is 1. The maximum atomic E-state index is 12.6. The number of nitrogens with two attached hydrogens (primary N) is 1. The number of amides is 2. The minimum Gasteiger partial charge on any atom is -0.478 e. The molecule has 0 aromatic heterocycles. The van der Waals surface area contributed by atoms with Crippen molar-refractivity contribution in [2.45, 2.75) is 102 Å². The highest BCUT2D eigenvalue weighted by Crippen LogP contribution is 2.50. The molecule has 0 aliphatic carbocycles. The Morgan fingerprint density at radius 1 is 0.450 bits per heavy atom. The molecule has 120 heavy (non-hydrogen) atoms. The standard InChI is InChI=1S/C21H17Cl2NOS.C21H19Cl2NS.C15H12BrCl2NO.C15H18OP4.C8H10ClN.C7H4BrClO2.C6H6S.B/c1-14(15-6-5-7-17(22)12-15)24-21(25)16-10-11-19(23)20(13-16)26-18-8-3-2-4-9-18;1-15(17-6-5-7-18(22)13-17)24-14-16-10-11-20(23)21(12-16)25-19-8-3-2-4-9-19;1-9(10-3-2-4-12(17)7-10)19-15(20)11-5-6-14(18)13(16)8-11;1-15(2)9-5-3-7-11(19-17)13(9)16-14-10(15)6-4-8-12(14)20-18;1-6(10)7-3-2-4-8(9)5-7;8-5-3-4(7(10)11)1-2-6(5)9;7-6-4-2-1-3-5-6;/h2-14H,1H3,(H,24,25);2-13,15,24H,14H2,1H3;2-9H,1H3,(H,19,20);3-8,19-20H,17-18H2,1-2H3;2-6H,10H2,1H3;1-3H,(H,10,11);1-5,7H;/t;;;;6-;;;/m....1.../s1. The molecule has 13 aromatic rings. The number of halogens is 10. The molecular formula is C93H86BBr2Cl8N4O5P4S3. The molecule has 0 saturated carbocycles. The highest BCUT2D eigenvalue weighted by Gasteiger charge is 2.36. The van der Waals surface area contributed by atoms with E-state index < -0.39 is 5.97 Å². The lowest BCUT2D eigenvalue weighted by Gasteiger charge is -2.36. The van der Waals surface area contributed by atoms with Gasteiger partial charge < -0.3 is 31.5 Å². The monoisotopic (exact) mass is 2010 g/mol. The second kappa shape index (κ2) is 51.5. The zero-order chi connectivity index (χ0) is 86.3. The summed E-state index contributed by atoms with van der Waals surface area (Å²) in [5.74, 6) is 0.865. The minimum absolute atomic E-state index is 0. The van der Waals surface area contributed by atoms with E-state index in [4.69, 9.17) is 108 Å². The number of ether oxygens (including phenoxy) is 1. The Morgan fingerprint density at radius 3 is 1.19 bits per heavy atom. The van der Waals surface area contributed by atoms with E-state index in [1.165, 1.54) is 67.7 Å². The fraction of sp³-hybridized carbons (Fsp3) is 0.129. The van der Waals surface area contributed by atoms with Crippen LogP contribution in [0.25, 0.3) is 0 Å². The molecule has 619 valence electrons. The zero-order valence-corrected chi connectivity index (χ0v) is 81.8. The van der Waals surface area contributed by atoms with Crippen LogP contribution in [0.1, 0.15) is 136 Å². The van der Waals surface area contributed by atoms with Gasteiger partial charge in [0.25, 0.3) is 11.8 Å². The first-order chi connectivity index (χ1) is 56.9. The summed E-state index contributed by atoms with van der Waals surface area (Å²) < 4.78 is 7.64. The van der Waals surface area contributed by atoms with Crippen LogP contribution in [0.3, 0.4) is 0 Å². The molecule has 2 amide bonds. The lowest BCUT2D eigenvalue weighted by molar-refractivity contribution is 0.0696. The number of carboxylic acid groups (broad SMARTS) is 1. The molecule has 0 saturated heterocycles. The van der Waals surface area contributed by atoms with Crippen LogP contribution in [-0.4, -0.2) is 31.3 Å². The van der Waals surface area contributed by atoms with Gasteiger partial charge in [-0.2, -0.15) is 0 Å². The van der Waals surface area contributed by atoms with Crippen molar-refractivity contribution in [3.63, 3.8) is 0 Å². The fourth-order valence-corrected chi connectivity index (χ4v) is 18.0. The summed E-state index contributed by atoms with van der Waals surface area (Å²) in [5, 5.41) is 25.9. The molecule has 6 N–H and O–H groups in total. The molecule has 27 heteroatoms. The molecular weight excluding hydrogens is 1930 g/mol. The van der Waals surface area contributed by atoms with Gasteiger partial charge >= 0.3 is 5.97 Å². The van der Waals surface area contributed by atoms with Crippen LogP contribution in [-0.2, 0) is 12.0 Å². The van der Waals surface area contributed by atoms with Gasteiger partial charge in [-0.05, 0) is 239 Å². The number of fused-ring (bicyclic) bond motifs is 2. The summed E-state index contributed by atoms with van der Waals surface area (Å²) in [4.78, 5) is 40.4. The summed E-state index contributed by atoms with van der Waals surface area (Å²) >= 11 is 61.7. The Morgan fingerprint density at radius 2 is 0.808 bits per heavy atom.